The molecule has 0 fully saturated rings. The molecule has 170 valence electrons. The van der Waals surface area contributed by atoms with Gasteiger partial charge in [0.15, 0.2) is 0 Å². The first-order valence-electron chi connectivity index (χ1n) is 11.4. The summed E-state index contributed by atoms with van der Waals surface area (Å²) in [5.74, 6) is -0.943. The van der Waals surface area contributed by atoms with Gasteiger partial charge in [-0.25, -0.2) is 4.79 Å². The van der Waals surface area contributed by atoms with Crippen molar-refractivity contribution in [3.63, 3.8) is 0 Å². The maximum Gasteiger partial charge on any atom is 0.335 e. The summed E-state index contributed by atoms with van der Waals surface area (Å²) in [5, 5.41) is 9.86. The molecule has 5 rings (SSSR count). The summed E-state index contributed by atoms with van der Waals surface area (Å²) in [4.78, 5) is 12.0. The summed E-state index contributed by atoms with van der Waals surface area (Å²) in [6, 6.07) is 22.4. The number of benzene rings is 4. The van der Waals surface area contributed by atoms with Crippen LogP contribution in [0.15, 0.2) is 66.7 Å². The molecule has 0 saturated carbocycles. The predicted molar refractivity (Wildman–Crippen MR) is 138 cm³/mol. The summed E-state index contributed by atoms with van der Waals surface area (Å²) < 4.78 is 0. The van der Waals surface area contributed by atoms with E-state index in [1.807, 2.05) is 52.0 Å². The number of nitrogens with two attached hydrogens (primary N) is 2. The fraction of sp³-hybridized carbons (Fsp3) is 0.167. The Balaban J connectivity index is 2.02. The molecule has 0 amide bonds. The molecule has 0 radical (unpaired) electrons. The van der Waals surface area contributed by atoms with Gasteiger partial charge in [-0.1, -0.05) is 54.6 Å². The number of fused-ring (bicyclic) bond motifs is 3. The zero-order chi connectivity index (χ0) is 24.4. The lowest BCUT2D eigenvalue weighted by Crippen LogP contribution is -2.29. The van der Waals surface area contributed by atoms with Gasteiger partial charge in [0.25, 0.3) is 0 Å². The Labute approximate surface area is 199 Å². The van der Waals surface area contributed by atoms with Gasteiger partial charge < -0.3 is 16.6 Å². The van der Waals surface area contributed by atoms with E-state index in [1.54, 1.807) is 6.07 Å². The number of nitrogen functional groups attached to an aromatic ring is 2. The van der Waals surface area contributed by atoms with Crippen molar-refractivity contribution in [2.75, 3.05) is 11.5 Å². The number of carboxylic acids is 1. The Morgan fingerprint density at radius 1 is 0.676 bits per heavy atom. The summed E-state index contributed by atoms with van der Waals surface area (Å²) >= 11 is 0. The normalized spacial score (nSPS) is 13.4. The second-order valence-corrected chi connectivity index (χ2v) is 9.41. The van der Waals surface area contributed by atoms with Crippen LogP contribution < -0.4 is 11.5 Å². The third-order valence-corrected chi connectivity index (χ3v) is 7.35. The predicted octanol–water partition coefficient (Wildman–Crippen LogP) is 6.15. The van der Waals surface area contributed by atoms with Crippen molar-refractivity contribution in [1.29, 1.82) is 0 Å². The summed E-state index contributed by atoms with van der Waals surface area (Å²) in [7, 11) is 0. The van der Waals surface area contributed by atoms with Crippen LogP contribution in [0.1, 0.15) is 54.9 Å². The minimum absolute atomic E-state index is 0.267. The molecule has 1 aliphatic carbocycles. The number of rotatable bonds is 3. The molecule has 0 unspecified atom stereocenters. The molecule has 34 heavy (non-hydrogen) atoms. The van der Waals surface area contributed by atoms with E-state index in [0.717, 1.165) is 67.0 Å². The molecule has 0 aliphatic heterocycles. The molecular formula is C30H28N2O2. The third kappa shape index (κ3) is 2.88. The Morgan fingerprint density at radius 3 is 1.65 bits per heavy atom. The van der Waals surface area contributed by atoms with Crippen molar-refractivity contribution >= 4 is 17.3 Å². The number of hydrogen-bond donors (Lipinski definition) is 3. The minimum Gasteiger partial charge on any atom is -0.478 e. The third-order valence-electron chi connectivity index (χ3n) is 7.35. The standard InChI is InChI=1S/C30H28N2O2/c1-16-11-21(12-17(2)27(16)31)30(22-13-18(3)28(32)19(4)14-22)25-8-6-5-7-23(25)24-10-9-20(29(33)34)15-26(24)30/h5-15H,31-32H2,1-4H3,(H,33,34). The summed E-state index contributed by atoms with van der Waals surface area (Å²) in [5.41, 5.74) is 24.2. The van der Waals surface area contributed by atoms with Crippen LogP contribution in [0.25, 0.3) is 11.1 Å². The topological polar surface area (TPSA) is 89.3 Å². The SMILES string of the molecule is Cc1cc(C2(c3cc(C)c(N)c(C)c3)c3ccccc3-c3ccc(C(=O)O)cc32)cc(C)c1N. The Kier molecular flexibility index (Phi) is 4.80. The zero-order valence-electron chi connectivity index (χ0n) is 19.9. The lowest BCUT2D eigenvalue weighted by Gasteiger charge is -2.35. The molecule has 0 atom stereocenters. The lowest BCUT2D eigenvalue weighted by atomic mass is 9.66. The molecule has 0 heterocycles. The number of aromatic carboxylic acids is 1. The molecule has 4 nitrogen and oxygen atoms in total. The number of carboxylic acid groups (broad SMARTS) is 1. The quantitative estimate of drug-likeness (QED) is 0.289. The molecule has 4 heteroatoms. The molecule has 0 aromatic heterocycles. The molecule has 0 bridgehead atoms. The van der Waals surface area contributed by atoms with Crippen LogP contribution in [-0.2, 0) is 5.41 Å². The highest BCUT2D eigenvalue weighted by molar-refractivity contribution is 5.93. The number of anilines is 2. The van der Waals surface area contributed by atoms with Gasteiger partial charge in [-0.05, 0) is 95.5 Å². The molecule has 1 aliphatic rings. The smallest absolute Gasteiger partial charge is 0.335 e. The first-order chi connectivity index (χ1) is 16.2. The fourth-order valence-electron chi connectivity index (χ4n) is 5.58. The van der Waals surface area contributed by atoms with Crippen molar-refractivity contribution in [3.05, 3.63) is 117 Å². The van der Waals surface area contributed by atoms with Crippen LogP contribution in [0, 0.1) is 27.7 Å². The summed E-state index contributed by atoms with van der Waals surface area (Å²) in [6.45, 7) is 8.09. The lowest BCUT2D eigenvalue weighted by molar-refractivity contribution is 0.0696. The second-order valence-electron chi connectivity index (χ2n) is 9.41. The molecule has 0 saturated heterocycles. The maximum atomic E-state index is 12.0. The van der Waals surface area contributed by atoms with Crippen LogP contribution in [0.2, 0.25) is 0 Å². The first-order valence-corrected chi connectivity index (χ1v) is 11.4. The van der Waals surface area contributed by atoms with Gasteiger partial charge in [0.1, 0.15) is 0 Å². The average molecular weight is 449 g/mol. The van der Waals surface area contributed by atoms with E-state index in [4.69, 9.17) is 11.5 Å². The molecule has 0 spiro atoms. The second kappa shape index (κ2) is 7.49. The van der Waals surface area contributed by atoms with E-state index < -0.39 is 11.4 Å². The van der Waals surface area contributed by atoms with Gasteiger partial charge in [-0.3, -0.25) is 0 Å². The largest absolute Gasteiger partial charge is 0.478 e. The summed E-state index contributed by atoms with van der Waals surface area (Å²) in [6.07, 6.45) is 0. The van der Waals surface area contributed by atoms with E-state index in [1.165, 1.54) is 0 Å². The Bertz CT molecular complexity index is 1400. The van der Waals surface area contributed by atoms with Crippen LogP contribution in [0.4, 0.5) is 11.4 Å². The number of aryl methyl sites for hydroxylation is 4. The van der Waals surface area contributed by atoms with Gasteiger partial charge in [-0.15, -0.1) is 0 Å². The Morgan fingerprint density at radius 2 is 1.15 bits per heavy atom. The molecule has 4 aromatic rings. The van der Waals surface area contributed by atoms with Crippen LogP contribution in [0.3, 0.4) is 0 Å². The Hall–Kier alpha value is -4.05. The van der Waals surface area contributed by atoms with Crippen molar-refractivity contribution in [2.45, 2.75) is 33.1 Å². The van der Waals surface area contributed by atoms with Gasteiger partial charge in [0, 0.05) is 11.4 Å². The van der Waals surface area contributed by atoms with Crippen LogP contribution >= 0.6 is 0 Å². The molecule has 4 aromatic carbocycles. The highest BCUT2D eigenvalue weighted by atomic mass is 16.4. The number of carbonyl (C=O) groups is 1. The van der Waals surface area contributed by atoms with E-state index in [9.17, 15) is 9.90 Å². The fourth-order valence-corrected chi connectivity index (χ4v) is 5.58. The monoisotopic (exact) mass is 448 g/mol. The van der Waals surface area contributed by atoms with Gasteiger partial charge >= 0.3 is 5.97 Å². The van der Waals surface area contributed by atoms with E-state index in [2.05, 4.69) is 36.4 Å². The highest BCUT2D eigenvalue weighted by Crippen LogP contribution is 2.57. The average Bonchev–Trinajstić information content (AvgIpc) is 3.11. The molecular weight excluding hydrogens is 420 g/mol. The minimum atomic E-state index is -0.943. The maximum absolute atomic E-state index is 12.0. The van der Waals surface area contributed by atoms with Crippen molar-refractivity contribution in [3.8, 4) is 11.1 Å². The van der Waals surface area contributed by atoms with Crippen molar-refractivity contribution in [2.24, 2.45) is 0 Å². The van der Waals surface area contributed by atoms with Gasteiger partial charge in [0.2, 0.25) is 0 Å². The van der Waals surface area contributed by atoms with E-state index in [0.29, 0.717) is 0 Å². The molecule has 5 N–H and O–H groups in total. The number of hydrogen-bond acceptors (Lipinski definition) is 3. The van der Waals surface area contributed by atoms with Crippen LogP contribution in [0.5, 0.6) is 0 Å². The van der Waals surface area contributed by atoms with Crippen LogP contribution in [-0.4, -0.2) is 11.1 Å². The van der Waals surface area contributed by atoms with E-state index in [-0.39, 0.29) is 5.56 Å². The van der Waals surface area contributed by atoms with Crippen molar-refractivity contribution in [1.82, 2.24) is 0 Å². The zero-order valence-corrected chi connectivity index (χ0v) is 19.9. The van der Waals surface area contributed by atoms with Gasteiger partial charge in [-0.2, -0.15) is 0 Å². The van der Waals surface area contributed by atoms with Crippen molar-refractivity contribution < 1.29 is 9.90 Å². The van der Waals surface area contributed by atoms with Gasteiger partial charge in [0.05, 0.1) is 11.0 Å². The highest BCUT2D eigenvalue weighted by Gasteiger charge is 2.47. The first kappa shape index (κ1) is 21.8. The van der Waals surface area contributed by atoms with E-state index >= 15 is 0 Å².